The standard InChI is InChI=1S/C91H144O17P2/c1-5-9-13-17-21-25-29-33-36-39-42-45-48-52-56-60-64-68-72-76-89(94)102-82-87(108-91(96)78-74-70-66-62-58-54-50-47-44-41-38-35-31-27-23-19-15-11-7-3)84-106-110(99,100)104-80-85(92)79-103-109(97,98)105-83-86(81-101-88(93)75-71-67-63-59-55-51-32-28-24-20-16-12-8-4)107-90(95)77-73-69-65-61-57-53-49-46-43-40-37-34-30-26-22-18-14-10-6-2/h9,11,13,15,21-23,25-28,32-38,42-47,52-54,56-58,64-65,68-69,85-87,92H,5-8,10,12,14,16-20,24,29-31,39-41,48-51,55,59-63,66-67,70-84H2,1-4H3,(H,97,98)(H,99,100)/b13-9-,15-11-,25-21-,26-22-,27-23-,32-28-,36-33-,37-34-,38-35-,45-42-,46-43-,47-44-,56-52-,57-53-,58-54-,68-64-,69-65-/t85-,86+,87+/m0/s1. The van der Waals surface area contributed by atoms with Gasteiger partial charge >= 0.3 is 39.5 Å². The third-order valence-electron chi connectivity index (χ3n) is 16.2. The molecule has 0 aromatic carbocycles. The van der Waals surface area contributed by atoms with E-state index in [0.29, 0.717) is 38.5 Å². The van der Waals surface area contributed by atoms with Gasteiger partial charge in [0.05, 0.1) is 26.4 Å². The average molecular weight is 1570 g/mol. The summed E-state index contributed by atoms with van der Waals surface area (Å²) >= 11 is 0. The van der Waals surface area contributed by atoms with Crippen molar-refractivity contribution >= 4 is 39.5 Å². The van der Waals surface area contributed by atoms with Crippen LogP contribution >= 0.6 is 15.6 Å². The summed E-state index contributed by atoms with van der Waals surface area (Å²) in [5.74, 6) is -2.44. The molecule has 0 saturated heterocycles. The molecule has 0 aliphatic rings. The Balaban J connectivity index is 5.57. The van der Waals surface area contributed by atoms with Crippen LogP contribution in [-0.4, -0.2) is 96.7 Å². The van der Waals surface area contributed by atoms with Gasteiger partial charge in [0.1, 0.15) is 19.3 Å². The molecule has 0 aromatic rings. The van der Waals surface area contributed by atoms with Crippen molar-refractivity contribution in [3.63, 3.8) is 0 Å². The lowest BCUT2D eigenvalue weighted by Gasteiger charge is -2.21. The molecule has 2 unspecified atom stereocenters. The minimum Gasteiger partial charge on any atom is -0.462 e. The average Bonchev–Trinajstić information content (AvgIpc) is 0.906. The Labute approximate surface area is 665 Å². The van der Waals surface area contributed by atoms with Crippen LogP contribution in [0.15, 0.2) is 207 Å². The molecule has 0 aromatic heterocycles. The van der Waals surface area contributed by atoms with E-state index in [1.165, 1.54) is 44.9 Å². The Morgan fingerprint density at radius 1 is 0.264 bits per heavy atom. The number of phosphoric ester groups is 2. The normalized spacial score (nSPS) is 14.9. The molecule has 5 atom stereocenters. The van der Waals surface area contributed by atoms with Crippen molar-refractivity contribution in [1.29, 1.82) is 0 Å². The molecule has 0 saturated carbocycles. The van der Waals surface area contributed by atoms with Crippen LogP contribution in [0.2, 0.25) is 0 Å². The van der Waals surface area contributed by atoms with Gasteiger partial charge in [0.2, 0.25) is 0 Å². The van der Waals surface area contributed by atoms with E-state index in [1.54, 1.807) is 0 Å². The highest BCUT2D eigenvalue weighted by Gasteiger charge is 2.30. The molecule has 0 rings (SSSR count). The largest absolute Gasteiger partial charge is 0.472 e. The topological polar surface area (TPSA) is 237 Å². The van der Waals surface area contributed by atoms with Crippen molar-refractivity contribution in [2.45, 2.75) is 303 Å². The van der Waals surface area contributed by atoms with Crippen LogP contribution in [0.25, 0.3) is 0 Å². The van der Waals surface area contributed by atoms with Crippen LogP contribution in [0.1, 0.15) is 285 Å². The van der Waals surface area contributed by atoms with Crippen LogP contribution in [0, 0.1) is 0 Å². The van der Waals surface area contributed by atoms with Crippen molar-refractivity contribution in [1.82, 2.24) is 0 Å². The van der Waals surface area contributed by atoms with Crippen molar-refractivity contribution in [2.24, 2.45) is 0 Å². The number of ether oxygens (including phenoxy) is 4. The number of rotatable bonds is 75. The molecule has 0 heterocycles. The van der Waals surface area contributed by atoms with E-state index in [0.717, 1.165) is 148 Å². The number of allylic oxidation sites excluding steroid dienone is 34. The SMILES string of the molecule is CC/C=C\C/C=C\C/C=C\C/C=C\C/C=C\C/C=C\CCC(=O)OC[C@H](COP(=O)(O)OC[C@@H](O)COP(=O)(O)OC[C@@H](COC(=O)CCCCCCC/C=C\CCCCCC)OC(=O)CC/C=C\C/C=C\C/C=C\C/C=C\C/C=C\CCCCC)OC(=O)CCCCC/C=C\C/C=C\C/C=C\C/C=C\C/C=C\CC. The zero-order chi connectivity index (χ0) is 80.3. The van der Waals surface area contributed by atoms with E-state index in [4.69, 9.17) is 37.0 Å². The van der Waals surface area contributed by atoms with Gasteiger partial charge in [0.25, 0.3) is 0 Å². The molecule has 0 aliphatic heterocycles. The smallest absolute Gasteiger partial charge is 0.462 e. The van der Waals surface area contributed by atoms with Crippen LogP contribution in [0.3, 0.4) is 0 Å². The summed E-state index contributed by atoms with van der Waals surface area (Å²) < 4.78 is 68.5. The second-order valence-electron chi connectivity index (χ2n) is 26.6. The van der Waals surface area contributed by atoms with Crippen LogP contribution in [-0.2, 0) is 65.4 Å². The zero-order valence-electron chi connectivity index (χ0n) is 67.8. The second-order valence-corrected chi connectivity index (χ2v) is 29.5. The first-order chi connectivity index (χ1) is 53.7. The lowest BCUT2D eigenvalue weighted by molar-refractivity contribution is -0.161. The Hall–Kier alpha value is -6.36. The third kappa shape index (κ3) is 79.7. The summed E-state index contributed by atoms with van der Waals surface area (Å²) in [5.41, 5.74) is 0. The summed E-state index contributed by atoms with van der Waals surface area (Å²) in [6.45, 7) is 4.36. The zero-order valence-corrected chi connectivity index (χ0v) is 69.6. The molecule has 0 bridgehead atoms. The Morgan fingerprint density at radius 3 is 0.836 bits per heavy atom. The molecule has 19 heteroatoms. The molecule has 0 fully saturated rings. The van der Waals surface area contributed by atoms with Crippen LogP contribution in [0.4, 0.5) is 0 Å². The first-order valence-electron chi connectivity index (χ1n) is 41.3. The van der Waals surface area contributed by atoms with Gasteiger partial charge in [-0.2, -0.15) is 0 Å². The summed E-state index contributed by atoms with van der Waals surface area (Å²) in [6.07, 6.45) is 101. The van der Waals surface area contributed by atoms with Crippen molar-refractivity contribution in [3.8, 4) is 0 Å². The minimum atomic E-state index is -5.02. The predicted octanol–water partition coefficient (Wildman–Crippen LogP) is 24.7. The number of aliphatic hydroxyl groups is 1. The summed E-state index contributed by atoms with van der Waals surface area (Å²) in [7, 11) is -10.0. The van der Waals surface area contributed by atoms with Crippen molar-refractivity contribution < 1.29 is 80.2 Å². The molecule has 620 valence electrons. The molecule has 0 radical (unpaired) electrons. The maximum atomic E-state index is 13.1. The molecule has 0 spiro atoms. The lowest BCUT2D eigenvalue weighted by Crippen LogP contribution is -2.30. The van der Waals surface area contributed by atoms with Gasteiger partial charge in [-0.05, 0) is 173 Å². The van der Waals surface area contributed by atoms with Crippen molar-refractivity contribution in [2.75, 3.05) is 39.6 Å². The minimum absolute atomic E-state index is 0.0176. The van der Waals surface area contributed by atoms with Crippen molar-refractivity contribution in [3.05, 3.63) is 207 Å². The third-order valence-corrected chi connectivity index (χ3v) is 18.1. The fourth-order valence-corrected chi connectivity index (χ4v) is 11.6. The highest BCUT2D eigenvalue weighted by Crippen LogP contribution is 2.45. The van der Waals surface area contributed by atoms with Gasteiger partial charge in [-0.1, -0.05) is 292 Å². The van der Waals surface area contributed by atoms with Gasteiger partial charge in [0.15, 0.2) is 12.2 Å². The van der Waals surface area contributed by atoms with E-state index >= 15 is 0 Å². The van der Waals surface area contributed by atoms with Gasteiger partial charge in [-0.3, -0.25) is 37.3 Å². The number of carbonyl (C=O) groups excluding carboxylic acids is 4. The maximum absolute atomic E-state index is 13.1. The highest BCUT2D eigenvalue weighted by molar-refractivity contribution is 7.47. The van der Waals surface area contributed by atoms with Crippen LogP contribution in [0.5, 0.6) is 0 Å². The summed E-state index contributed by atoms with van der Waals surface area (Å²) in [6, 6.07) is 0. The molecular formula is C91H144O17P2. The monoisotopic (exact) mass is 1570 g/mol. The molecular weight excluding hydrogens is 1430 g/mol. The molecule has 3 N–H and O–H groups in total. The van der Waals surface area contributed by atoms with Gasteiger partial charge in [-0.15, -0.1) is 0 Å². The maximum Gasteiger partial charge on any atom is 0.472 e. The van der Waals surface area contributed by atoms with E-state index in [9.17, 15) is 43.2 Å². The van der Waals surface area contributed by atoms with Gasteiger partial charge in [-0.25, -0.2) is 9.13 Å². The predicted molar refractivity (Wildman–Crippen MR) is 454 cm³/mol. The first kappa shape index (κ1) is 104. The Kier molecular flexibility index (Phi) is 76.0. The fourth-order valence-electron chi connectivity index (χ4n) is 10.0. The van der Waals surface area contributed by atoms with Gasteiger partial charge in [0, 0.05) is 25.7 Å². The van der Waals surface area contributed by atoms with Crippen LogP contribution < -0.4 is 0 Å². The number of esters is 4. The second kappa shape index (κ2) is 80.7. The molecule has 110 heavy (non-hydrogen) atoms. The molecule has 17 nitrogen and oxygen atoms in total. The Morgan fingerprint density at radius 2 is 0.491 bits per heavy atom. The number of hydrogen-bond acceptors (Lipinski definition) is 15. The van der Waals surface area contributed by atoms with E-state index in [1.807, 2.05) is 36.5 Å². The number of phosphoric acid groups is 2. The van der Waals surface area contributed by atoms with E-state index < -0.39 is 97.5 Å². The highest BCUT2D eigenvalue weighted by atomic mass is 31.2. The fraction of sp³-hybridized carbons (Fsp3) is 0.582. The summed E-state index contributed by atoms with van der Waals surface area (Å²) in [4.78, 5) is 73.1. The molecule has 0 amide bonds. The number of aliphatic hydroxyl groups excluding tert-OH is 1. The summed E-state index contributed by atoms with van der Waals surface area (Å²) in [5, 5.41) is 10.7. The van der Waals surface area contributed by atoms with E-state index in [2.05, 4.69) is 198 Å². The number of carbonyl (C=O) groups is 4. The van der Waals surface area contributed by atoms with Gasteiger partial charge < -0.3 is 33.8 Å². The molecule has 0 aliphatic carbocycles. The van der Waals surface area contributed by atoms with E-state index in [-0.39, 0.29) is 25.7 Å². The Bertz CT molecular complexity index is 2900. The number of unbranched alkanes of at least 4 members (excludes halogenated alkanes) is 15. The quantitative estimate of drug-likeness (QED) is 0.0169. The lowest BCUT2D eigenvalue weighted by atomic mass is 10.1. The first-order valence-corrected chi connectivity index (χ1v) is 44.3. The number of hydrogen-bond donors (Lipinski definition) is 3.